The topological polar surface area (TPSA) is 55.1 Å². The molecule has 0 aliphatic carbocycles. The monoisotopic (exact) mass is 150 g/mol. The van der Waals surface area contributed by atoms with Crippen LogP contribution in [0.1, 0.15) is 6.92 Å². The van der Waals surface area contributed by atoms with E-state index in [1.807, 2.05) is 6.92 Å². The van der Waals surface area contributed by atoms with Crippen molar-refractivity contribution >= 4 is 17.5 Å². The second kappa shape index (κ2) is 4.58. The maximum Gasteiger partial charge on any atom is 0.235 e. The van der Waals surface area contributed by atoms with E-state index in [0.717, 1.165) is 0 Å². The highest BCUT2D eigenvalue weighted by Crippen LogP contribution is 1.78. The maximum absolute atomic E-state index is 10.5. The molecule has 1 amide bonds. The Bertz CT molecular complexity index is 97.0. The highest BCUT2D eigenvalue weighted by atomic mass is 35.5. The van der Waals surface area contributed by atoms with Crippen molar-refractivity contribution in [1.82, 2.24) is 5.32 Å². The van der Waals surface area contributed by atoms with Crippen LogP contribution in [-0.4, -0.2) is 24.4 Å². The summed E-state index contributed by atoms with van der Waals surface area (Å²) in [6.45, 7) is 2.27. The van der Waals surface area contributed by atoms with Gasteiger partial charge >= 0.3 is 0 Å². The highest BCUT2D eigenvalue weighted by molar-refractivity contribution is 6.27. The summed E-state index contributed by atoms with van der Waals surface area (Å²) in [5.74, 6) is -0.167. The van der Waals surface area contributed by atoms with Gasteiger partial charge in [-0.15, -0.1) is 11.6 Å². The Morgan fingerprint density at radius 3 is 2.78 bits per heavy atom. The number of rotatable bonds is 3. The summed E-state index contributed by atoms with van der Waals surface area (Å²) in [4.78, 5) is 10.5. The summed E-state index contributed by atoms with van der Waals surface area (Å²) >= 11 is 5.20. The Hall–Kier alpha value is -0.280. The minimum absolute atomic E-state index is 0.00431. The normalized spacial score (nSPS) is 12.8. The molecule has 0 heterocycles. The van der Waals surface area contributed by atoms with E-state index in [1.165, 1.54) is 0 Å². The van der Waals surface area contributed by atoms with E-state index in [-0.39, 0.29) is 17.8 Å². The molecule has 0 fully saturated rings. The third-order valence-electron chi connectivity index (χ3n) is 0.882. The van der Waals surface area contributed by atoms with Crippen molar-refractivity contribution in [2.75, 3.05) is 12.4 Å². The zero-order valence-electron chi connectivity index (χ0n) is 5.36. The fourth-order valence-electron chi connectivity index (χ4n) is 0.372. The lowest BCUT2D eigenvalue weighted by Crippen LogP contribution is -2.38. The molecule has 0 aromatic heterocycles. The first kappa shape index (κ1) is 8.72. The summed E-state index contributed by atoms with van der Waals surface area (Å²) < 4.78 is 0. The van der Waals surface area contributed by atoms with Gasteiger partial charge in [0.15, 0.2) is 0 Å². The summed E-state index contributed by atoms with van der Waals surface area (Å²) in [6.07, 6.45) is 0. The number of halogens is 1. The van der Waals surface area contributed by atoms with E-state index in [2.05, 4.69) is 5.32 Å². The van der Waals surface area contributed by atoms with E-state index >= 15 is 0 Å². The molecule has 54 valence electrons. The molecular formula is C5H11ClN2O. The van der Waals surface area contributed by atoms with Gasteiger partial charge in [0.2, 0.25) is 5.91 Å². The van der Waals surface area contributed by atoms with Crippen LogP contribution < -0.4 is 11.1 Å². The number of nitrogens with one attached hydrogen (secondary N) is 1. The minimum atomic E-state index is -0.172. The summed E-state index contributed by atoms with van der Waals surface area (Å²) in [7, 11) is 0. The molecule has 0 saturated carbocycles. The Morgan fingerprint density at radius 1 is 1.89 bits per heavy atom. The quantitative estimate of drug-likeness (QED) is 0.543. The molecule has 0 saturated heterocycles. The number of carbonyl (C=O) groups is 1. The van der Waals surface area contributed by atoms with Crippen LogP contribution >= 0.6 is 11.6 Å². The second-order valence-electron chi connectivity index (χ2n) is 1.84. The molecule has 0 radical (unpaired) electrons. The average Bonchev–Trinajstić information content (AvgIpc) is 1.87. The number of alkyl halides is 1. The number of amides is 1. The molecule has 0 spiro atoms. The molecule has 0 aliphatic heterocycles. The molecule has 0 bridgehead atoms. The van der Waals surface area contributed by atoms with Crippen molar-refractivity contribution in [3.05, 3.63) is 0 Å². The first-order chi connectivity index (χ1) is 4.20. The van der Waals surface area contributed by atoms with Gasteiger partial charge in [-0.3, -0.25) is 4.79 Å². The molecule has 3 N–H and O–H groups in total. The molecule has 0 aromatic carbocycles. The minimum Gasteiger partial charge on any atom is -0.351 e. The van der Waals surface area contributed by atoms with E-state index < -0.39 is 0 Å². The van der Waals surface area contributed by atoms with Gasteiger partial charge in [0, 0.05) is 12.6 Å². The summed E-state index contributed by atoms with van der Waals surface area (Å²) in [5, 5.41) is 2.58. The average molecular weight is 151 g/mol. The predicted octanol–water partition coefficient (Wildman–Crippen LogP) is -0.311. The van der Waals surface area contributed by atoms with Gasteiger partial charge in [-0.1, -0.05) is 0 Å². The zero-order valence-corrected chi connectivity index (χ0v) is 6.11. The van der Waals surface area contributed by atoms with Gasteiger partial charge in [0.1, 0.15) is 5.88 Å². The van der Waals surface area contributed by atoms with Crippen molar-refractivity contribution in [2.24, 2.45) is 5.73 Å². The molecule has 0 rings (SSSR count). The van der Waals surface area contributed by atoms with E-state index in [0.29, 0.717) is 6.54 Å². The Morgan fingerprint density at radius 2 is 2.44 bits per heavy atom. The van der Waals surface area contributed by atoms with Gasteiger partial charge < -0.3 is 11.1 Å². The molecule has 0 aromatic rings. The molecule has 4 heteroatoms. The number of hydrogen-bond acceptors (Lipinski definition) is 2. The van der Waals surface area contributed by atoms with Crippen LogP contribution in [-0.2, 0) is 4.79 Å². The van der Waals surface area contributed by atoms with Crippen LogP contribution in [0.25, 0.3) is 0 Å². The Labute approximate surface area is 59.6 Å². The van der Waals surface area contributed by atoms with Crippen LogP contribution in [0.15, 0.2) is 0 Å². The fraction of sp³-hybridized carbons (Fsp3) is 0.800. The van der Waals surface area contributed by atoms with E-state index in [1.54, 1.807) is 0 Å². The van der Waals surface area contributed by atoms with Gasteiger partial charge in [0.25, 0.3) is 0 Å². The Kier molecular flexibility index (Phi) is 4.44. The van der Waals surface area contributed by atoms with Crippen molar-refractivity contribution in [2.45, 2.75) is 13.0 Å². The molecule has 0 aliphatic rings. The smallest absolute Gasteiger partial charge is 0.235 e. The lowest BCUT2D eigenvalue weighted by Gasteiger charge is -2.08. The number of carbonyl (C=O) groups excluding carboxylic acids is 1. The maximum atomic E-state index is 10.5. The highest BCUT2D eigenvalue weighted by Gasteiger charge is 2.01. The fourth-order valence-corrected chi connectivity index (χ4v) is 0.449. The lowest BCUT2D eigenvalue weighted by atomic mass is 10.3. The van der Waals surface area contributed by atoms with Crippen molar-refractivity contribution in [3.63, 3.8) is 0 Å². The summed E-state index contributed by atoms with van der Waals surface area (Å²) in [5.41, 5.74) is 5.22. The van der Waals surface area contributed by atoms with Crippen molar-refractivity contribution in [1.29, 1.82) is 0 Å². The van der Waals surface area contributed by atoms with Crippen LogP contribution in [0.3, 0.4) is 0 Å². The first-order valence-electron chi connectivity index (χ1n) is 2.76. The zero-order chi connectivity index (χ0) is 7.28. The molecule has 1 unspecified atom stereocenters. The molecular weight excluding hydrogens is 140 g/mol. The molecule has 1 atom stereocenters. The SMILES string of the molecule is CC(CN)NC(=O)CCl. The van der Waals surface area contributed by atoms with Gasteiger partial charge in [-0.25, -0.2) is 0 Å². The van der Waals surface area contributed by atoms with Crippen molar-refractivity contribution in [3.8, 4) is 0 Å². The second-order valence-corrected chi connectivity index (χ2v) is 2.11. The van der Waals surface area contributed by atoms with Crippen LogP contribution in [0.2, 0.25) is 0 Å². The van der Waals surface area contributed by atoms with Crippen LogP contribution in [0, 0.1) is 0 Å². The standard InChI is InChI=1S/C5H11ClN2O/c1-4(3-7)8-5(9)2-6/h4H,2-3,7H2,1H3,(H,8,9). The third kappa shape index (κ3) is 4.24. The van der Waals surface area contributed by atoms with Gasteiger partial charge in [-0.05, 0) is 6.92 Å². The lowest BCUT2D eigenvalue weighted by molar-refractivity contribution is -0.119. The largest absolute Gasteiger partial charge is 0.351 e. The van der Waals surface area contributed by atoms with Crippen LogP contribution in [0.5, 0.6) is 0 Å². The summed E-state index contributed by atoms with van der Waals surface area (Å²) in [6, 6.07) is 0.0243. The third-order valence-corrected chi connectivity index (χ3v) is 1.13. The van der Waals surface area contributed by atoms with E-state index in [4.69, 9.17) is 17.3 Å². The van der Waals surface area contributed by atoms with Crippen molar-refractivity contribution < 1.29 is 4.79 Å². The molecule has 3 nitrogen and oxygen atoms in total. The Balaban J connectivity index is 3.34. The van der Waals surface area contributed by atoms with Gasteiger partial charge in [-0.2, -0.15) is 0 Å². The van der Waals surface area contributed by atoms with Crippen LogP contribution in [0.4, 0.5) is 0 Å². The van der Waals surface area contributed by atoms with Gasteiger partial charge in [0.05, 0.1) is 0 Å². The first-order valence-corrected chi connectivity index (χ1v) is 3.29. The predicted molar refractivity (Wildman–Crippen MR) is 37.4 cm³/mol. The number of hydrogen-bond donors (Lipinski definition) is 2. The molecule has 9 heavy (non-hydrogen) atoms. The van der Waals surface area contributed by atoms with E-state index in [9.17, 15) is 4.79 Å². The number of nitrogens with two attached hydrogens (primary N) is 1.